The van der Waals surface area contributed by atoms with Crippen molar-refractivity contribution in [2.75, 3.05) is 7.11 Å². The van der Waals surface area contributed by atoms with Crippen LogP contribution in [0.2, 0.25) is 0 Å². The van der Waals surface area contributed by atoms with E-state index in [0.717, 1.165) is 5.56 Å². The molecule has 0 aliphatic heterocycles. The first-order valence-corrected chi connectivity index (χ1v) is 5.75. The highest BCUT2D eigenvalue weighted by molar-refractivity contribution is 5.82. The molecule has 0 unspecified atom stereocenters. The largest absolute Gasteiger partial charge is 0.496 e. The Morgan fingerprint density at radius 1 is 1.11 bits per heavy atom. The van der Waals surface area contributed by atoms with E-state index in [1.807, 2.05) is 24.3 Å². The fourth-order valence-corrected chi connectivity index (χ4v) is 1.51. The number of ether oxygens (including phenoxy) is 1. The second kappa shape index (κ2) is 6.54. The van der Waals surface area contributed by atoms with Crippen LogP contribution in [0.25, 0.3) is 0 Å². The summed E-state index contributed by atoms with van der Waals surface area (Å²) in [6.07, 6.45) is 2.75. The highest BCUT2D eigenvalue weighted by Crippen LogP contribution is 2.14. The van der Waals surface area contributed by atoms with Gasteiger partial charge in [0, 0.05) is 5.56 Å². The Labute approximate surface area is 111 Å². The van der Waals surface area contributed by atoms with Crippen LogP contribution >= 0.6 is 0 Å². The van der Waals surface area contributed by atoms with Crippen LogP contribution in [-0.2, 0) is 11.4 Å². The average molecular weight is 258 g/mol. The fourth-order valence-electron chi connectivity index (χ4n) is 1.51. The van der Waals surface area contributed by atoms with Crippen LogP contribution in [-0.4, -0.2) is 13.3 Å². The number of hydrogen-bond donors (Lipinski definition) is 0. The Bertz CT molecular complexity index is 552. The predicted molar refractivity (Wildman–Crippen MR) is 70.7 cm³/mol. The molecule has 0 atom stereocenters. The van der Waals surface area contributed by atoms with Gasteiger partial charge in [0.25, 0.3) is 0 Å². The van der Waals surface area contributed by atoms with E-state index < -0.39 is 0 Å². The van der Waals surface area contributed by atoms with Gasteiger partial charge in [-0.25, -0.2) is 4.39 Å². The minimum Gasteiger partial charge on any atom is -0.496 e. The standard InChI is InChI=1S/C15H13FNO2/c1-18-15-5-3-2-4-13(15)10-17-19-11-12-6-8-14(16)9-7-12/h2-9H,11H2,1H3. The molecule has 0 amide bonds. The van der Waals surface area contributed by atoms with E-state index in [4.69, 9.17) is 9.57 Å². The Hall–Kier alpha value is -2.36. The topological polar surface area (TPSA) is 30.8 Å². The molecule has 4 heteroatoms. The zero-order chi connectivity index (χ0) is 13.5. The number of hydrogen-bond acceptors (Lipinski definition) is 3. The minimum atomic E-state index is -0.271. The number of para-hydroxylation sites is 1. The van der Waals surface area contributed by atoms with Gasteiger partial charge < -0.3 is 9.57 Å². The number of halogens is 1. The summed E-state index contributed by atoms with van der Waals surface area (Å²) in [5, 5.41) is 3.74. The van der Waals surface area contributed by atoms with Crippen molar-refractivity contribution < 1.29 is 14.0 Å². The van der Waals surface area contributed by atoms with Gasteiger partial charge in [0.05, 0.1) is 7.11 Å². The highest BCUT2D eigenvalue weighted by Gasteiger charge is 1.98. The van der Waals surface area contributed by atoms with Crippen LogP contribution in [0.5, 0.6) is 5.75 Å². The van der Waals surface area contributed by atoms with Crippen LogP contribution in [0.1, 0.15) is 11.1 Å². The second-order valence-corrected chi connectivity index (χ2v) is 3.80. The molecule has 0 aliphatic carbocycles. The lowest BCUT2D eigenvalue weighted by Gasteiger charge is -2.02. The maximum Gasteiger partial charge on any atom is 0.143 e. The van der Waals surface area contributed by atoms with Gasteiger partial charge in [-0.05, 0) is 29.8 Å². The van der Waals surface area contributed by atoms with Gasteiger partial charge in [0.2, 0.25) is 0 Å². The second-order valence-electron chi connectivity index (χ2n) is 3.80. The lowest BCUT2D eigenvalue weighted by Crippen LogP contribution is -1.92. The Kier molecular flexibility index (Phi) is 4.50. The van der Waals surface area contributed by atoms with Crippen molar-refractivity contribution in [2.45, 2.75) is 6.61 Å². The van der Waals surface area contributed by atoms with Crippen LogP contribution < -0.4 is 4.74 Å². The van der Waals surface area contributed by atoms with E-state index in [1.54, 1.807) is 19.2 Å². The normalized spacial score (nSPS) is 10.6. The van der Waals surface area contributed by atoms with Crippen molar-refractivity contribution in [3.8, 4) is 5.75 Å². The van der Waals surface area contributed by atoms with Crippen molar-refractivity contribution >= 4 is 6.21 Å². The van der Waals surface area contributed by atoms with Gasteiger partial charge in [-0.2, -0.15) is 0 Å². The number of methoxy groups -OCH3 is 1. The molecule has 0 fully saturated rings. The molecule has 0 heterocycles. The molecular weight excluding hydrogens is 245 g/mol. The molecule has 0 saturated carbocycles. The van der Waals surface area contributed by atoms with E-state index in [9.17, 15) is 4.39 Å². The third kappa shape index (κ3) is 3.81. The Morgan fingerprint density at radius 3 is 2.58 bits per heavy atom. The Balaban J connectivity index is 1.91. The maximum absolute atomic E-state index is 12.7. The summed E-state index contributed by atoms with van der Waals surface area (Å²) in [6.45, 7) is 0.266. The molecule has 0 aliphatic rings. The van der Waals surface area contributed by atoms with Crippen molar-refractivity contribution in [1.82, 2.24) is 0 Å². The van der Waals surface area contributed by atoms with E-state index in [2.05, 4.69) is 11.4 Å². The van der Waals surface area contributed by atoms with E-state index in [1.165, 1.54) is 12.1 Å². The lowest BCUT2D eigenvalue weighted by atomic mass is 10.2. The van der Waals surface area contributed by atoms with Crippen molar-refractivity contribution in [2.24, 2.45) is 5.16 Å². The number of rotatable bonds is 5. The van der Waals surface area contributed by atoms with Gasteiger partial charge in [-0.3, -0.25) is 0 Å². The first-order valence-electron chi connectivity index (χ1n) is 5.75. The molecule has 0 saturated heterocycles. The van der Waals surface area contributed by atoms with Gasteiger partial charge in [0.1, 0.15) is 24.4 Å². The summed E-state index contributed by atoms with van der Waals surface area (Å²) >= 11 is 0. The highest BCUT2D eigenvalue weighted by atomic mass is 19.1. The zero-order valence-electron chi connectivity index (χ0n) is 10.5. The quantitative estimate of drug-likeness (QED) is 0.608. The van der Waals surface area contributed by atoms with Crippen molar-refractivity contribution in [3.63, 3.8) is 0 Å². The van der Waals surface area contributed by atoms with Crippen LogP contribution in [0, 0.1) is 5.82 Å². The summed E-state index contributed by atoms with van der Waals surface area (Å²) in [5.74, 6) is 0.407. The maximum atomic E-state index is 12.7. The van der Waals surface area contributed by atoms with Gasteiger partial charge in [0.15, 0.2) is 0 Å². The van der Waals surface area contributed by atoms with Gasteiger partial charge in [-0.15, -0.1) is 0 Å². The molecular formula is C15H13FNO2. The number of benzene rings is 2. The molecule has 1 radical (unpaired) electrons. The van der Waals surface area contributed by atoms with E-state index in [0.29, 0.717) is 11.3 Å². The number of nitrogens with zero attached hydrogens (tertiary/aromatic N) is 1. The monoisotopic (exact) mass is 258 g/mol. The fraction of sp³-hybridized carbons (Fsp3) is 0.133. The molecule has 2 aromatic carbocycles. The summed E-state index contributed by atoms with van der Waals surface area (Å²) in [6, 6.07) is 13.4. The van der Waals surface area contributed by atoms with Crippen LogP contribution in [0.3, 0.4) is 0 Å². The van der Waals surface area contributed by atoms with E-state index in [-0.39, 0.29) is 12.4 Å². The summed E-state index contributed by atoms with van der Waals surface area (Å²) in [7, 11) is 1.58. The zero-order valence-corrected chi connectivity index (χ0v) is 10.5. The third-order valence-electron chi connectivity index (χ3n) is 2.48. The minimum absolute atomic E-state index is 0.266. The van der Waals surface area contributed by atoms with Crippen molar-refractivity contribution in [1.29, 1.82) is 0 Å². The SMILES string of the molecule is COc1ccccc1/[C]=N\OCc1ccc(F)cc1. The lowest BCUT2D eigenvalue weighted by molar-refractivity contribution is 0.132. The summed E-state index contributed by atoms with van der Waals surface area (Å²) in [4.78, 5) is 5.10. The molecule has 97 valence electrons. The van der Waals surface area contributed by atoms with E-state index >= 15 is 0 Å². The first kappa shape index (κ1) is 13.1. The first-order chi connectivity index (χ1) is 9.29. The molecule has 3 nitrogen and oxygen atoms in total. The predicted octanol–water partition coefficient (Wildman–Crippen LogP) is 3.26. The molecule has 2 aromatic rings. The summed E-state index contributed by atoms with van der Waals surface area (Å²) < 4.78 is 17.8. The Morgan fingerprint density at radius 2 is 1.84 bits per heavy atom. The van der Waals surface area contributed by atoms with Gasteiger partial charge >= 0.3 is 0 Å². The van der Waals surface area contributed by atoms with Crippen molar-refractivity contribution in [3.05, 3.63) is 65.5 Å². The average Bonchev–Trinajstić information content (AvgIpc) is 2.46. The molecule has 0 aromatic heterocycles. The third-order valence-corrected chi connectivity index (χ3v) is 2.48. The summed E-state index contributed by atoms with van der Waals surface area (Å²) in [5.41, 5.74) is 1.55. The molecule has 0 bridgehead atoms. The molecule has 19 heavy (non-hydrogen) atoms. The smallest absolute Gasteiger partial charge is 0.143 e. The van der Waals surface area contributed by atoms with Crippen LogP contribution in [0.15, 0.2) is 53.7 Å². The molecule has 0 spiro atoms. The van der Waals surface area contributed by atoms with Crippen LogP contribution in [0.4, 0.5) is 4.39 Å². The van der Waals surface area contributed by atoms with Gasteiger partial charge in [-0.1, -0.05) is 29.4 Å². The molecule has 2 rings (SSSR count). The molecule has 0 N–H and O–H groups in total.